The second-order valence-electron chi connectivity index (χ2n) is 4.80. The molecule has 0 amide bonds. The molecule has 1 aliphatic carbocycles. The molecule has 7 heteroatoms. The first-order valence-corrected chi connectivity index (χ1v) is 9.20. The molecule has 0 spiro atoms. The van der Waals surface area contributed by atoms with Crippen LogP contribution >= 0.6 is 11.3 Å². The van der Waals surface area contributed by atoms with Crippen molar-refractivity contribution < 1.29 is 8.42 Å². The van der Waals surface area contributed by atoms with Gasteiger partial charge in [0.05, 0.1) is 12.3 Å². The highest BCUT2D eigenvalue weighted by atomic mass is 32.2. The van der Waals surface area contributed by atoms with Gasteiger partial charge in [0.25, 0.3) is 0 Å². The van der Waals surface area contributed by atoms with Crippen LogP contribution in [0.15, 0.2) is 6.20 Å². The third-order valence-corrected chi connectivity index (χ3v) is 5.55. The summed E-state index contributed by atoms with van der Waals surface area (Å²) in [4.78, 5) is 5.38. The van der Waals surface area contributed by atoms with E-state index in [-0.39, 0.29) is 5.75 Å². The third kappa shape index (κ3) is 5.56. The molecule has 19 heavy (non-hydrogen) atoms. The van der Waals surface area contributed by atoms with E-state index in [1.165, 1.54) is 17.7 Å². The number of nitrogens with one attached hydrogen (secondary N) is 2. The summed E-state index contributed by atoms with van der Waals surface area (Å²) in [6.07, 6.45) is 5.87. The lowest BCUT2D eigenvalue weighted by Crippen LogP contribution is -2.28. The van der Waals surface area contributed by atoms with E-state index < -0.39 is 10.0 Å². The molecule has 0 radical (unpaired) electrons. The average Bonchev–Trinajstić information content (AvgIpc) is 3.09. The second-order valence-corrected chi connectivity index (χ2v) is 7.92. The minimum Gasteiger partial charge on any atom is -0.314 e. The smallest absolute Gasteiger partial charge is 0.212 e. The molecule has 0 aromatic carbocycles. The summed E-state index contributed by atoms with van der Waals surface area (Å²) in [6.45, 7) is 3.15. The van der Waals surface area contributed by atoms with Crippen LogP contribution in [0.5, 0.6) is 0 Å². The molecule has 5 nitrogen and oxygen atoms in total. The van der Waals surface area contributed by atoms with Gasteiger partial charge in [-0.2, -0.15) is 0 Å². The van der Waals surface area contributed by atoms with E-state index in [1.54, 1.807) is 11.3 Å². The van der Waals surface area contributed by atoms with Gasteiger partial charge in [0.15, 0.2) is 0 Å². The van der Waals surface area contributed by atoms with E-state index in [9.17, 15) is 8.42 Å². The first-order chi connectivity index (χ1) is 9.09. The van der Waals surface area contributed by atoms with Crippen molar-refractivity contribution in [3.8, 4) is 0 Å². The Balaban J connectivity index is 1.67. The summed E-state index contributed by atoms with van der Waals surface area (Å²) < 4.78 is 26.2. The van der Waals surface area contributed by atoms with Gasteiger partial charge in [-0.15, -0.1) is 11.3 Å². The molecule has 1 fully saturated rings. The van der Waals surface area contributed by atoms with Crippen molar-refractivity contribution in [2.24, 2.45) is 0 Å². The minimum atomic E-state index is -3.18. The molecular weight excluding hydrogens is 282 g/mol. The van der Waals surface area contributed by atoms with Crippen molar-refractivity contribution in [3.05, 3.63) is 16.1 Å². The highest BCUT2D eigenvalue weighted by Crippen LogP contribution is 2.18. The van der Waals surface area contributed by atoms with Crippen LogP contribution in [0.4, 0.5) is 0 Å². The first-order valence-electron chi connectivity index (χ1n) is 6.73. The van der Waals surface area contributed by atoms with E-state index in [0.717, 1.165) is 18.0 Å². The minimum absolute atomic E-state index is 0.179. The topological polar surface area (TPSA) is 71.1 Å². The van der Waals surface area contributed by atoms with Crippen LogP contribution < -0.4 is 10.0 Å². The van der Waals surface area contributed by atoms with E-state index in [2.05, 4.69) is 21.9 Å². The summed E-state index contributed by atoms with van der Waals surface area (Å²) in [5.74, 6) is 0.179. The number of thiazole rings is 1. The molecule has 2 rings (SSSR count). The monoisotopic (exact) mass is 303 g/mol. The summed E-state index contributed by atoms with van der Waals surface area (Å²) in [5, 5.41) is 4.14. The average molecular weight is 303 g/mol. The number of aromatic nitrogens is 1. The number of sulfonamides is 1. The van der Waals surface area contributed by atoms with E-state index >= 15 is 0 Å². The van der Waals surface area contributed by atoms with Crippen LogP contribution in [0.1, 0.15) is 36.1 Å². The third-order valence-electron chi connectivity index (χ3n) is 2.99. The molecule has 2 N–H and O–H groups in total. The Kier molecular flexibility index (Phi) is 5.32. The standard InChI is InChI=1S/C12H21N3O2S2/c1-2-11-8-14-12(18-11)9-15-19(16,17)7-3-6-13-10-4-5-10/h8,10,13,15H,2-7,9H2,1H3. The fourth-order valence-electron chi connectivity index (χ4n) is 1.69. The number of nitrogens with zero attached hydrogens (tertiary/aromatic N) is 1. The highest BCUT2D eigenvalue weighted by molar-refractivity contribution is 7.89. The number of aryl methyl sites for hydroxylation is 1. The SMILES string of the molecule is CCc1cnc(CNS(=O)(=O)CCCNC2CC2)s1. The van der Waals surface area contributed by atoms with E-state index in [0.29, 0.717) is 19.0 Å². The van der Waals surface area contributed by atoms with Crippen molar-refractivity contribution in [2.45, 2.75) is 45.2 Å². The van der Waals surface area contributed by atoms with Gasteiger partial charge in [0.2, 0.25) is 10.0 Å². The quantitative estimate of drug-likeness (QED) is 0.674. The molecular formula is C12H21N3O2S2. The molecule has 0 aliphatic heterocycles. The molecule has 0 saturated heterocycles. The Morgan fingerprint density at radius 1 is 1.47 bits per heavy atom. The summed E-state index contributed by atoms with van der Waals surface area (Å²) in [6, 6.07) is 0.637. The maximum absolute atomic E-state index is 11.8. The Morgan fingerprint density at radius 3 is 2.89 bits per heavy atom. The van der Waals surface area contributed by atoms with Crippen LogP contribution in [0.25, 0.3) is 0 Å². The van der Waals surface area contributed by atoms with Gasteiger partial charge >= 0.3 is 0 Å². The molecule has 1 aromatic rings. The molecule has 0 atom stereocenters. The predicted molar refractivity (Wildman–Crippen MR) is 77.8 cm³/mol. The lowest BCUT2D eigenvalue weighted by molar-refractivity contribution is 0.574. The molecule has 1 aliphatic rings. The molecule has 1 saturated carbocycles. The van der Waals surface area contributed by atoms with Crippen molar-refractivity contribution >= 4 is 21.4 Å². The zero-order chi connectivity index (χ0) is 13.7. The molecule has 108 valence electrons. The Morgan fingerprint density at radius 2 is 2.26 bits per heavy atom. The fourth-order valence-corrected chi connectivity index (χ4v) is 3.61. The molecule has 1 aromatic heterocycles. The Hall–Kier alpha value is -0.500. The lowest BCUT2D eigenvalue weighted by atomic mass is 10.4. The lowest BCUT2D eigenvalue weighted by Gasteiger charge is -2.05. The van der Waals surface area contributed by atoms with E-state index in [4.69, 9.17) is 0 Å². The van der Waals surface area contributed by atoms with Gasteiger partial charge in [-0.25, -0.2) is 18.1 Å². The molecule has 1 heterocycles. The summed E-state index contributed by atoms with van der Waals surface area (Å²) >= 11 is 1.56. The second kappa shape index (κ2) is 6.78. The summed E-state index contributed by atoms with van der Waals surface area (Å²) in [5.41, 5.74) is 0. The van der Waals surface area contributed by atoms with Crippen LogP contribution in [-0.2, 0) is 23.0 Å². The van der Waals surface area contributed by atoms with Crippen LogP contribution in [0.2, 0.25) is 0 Å². The van der Waals surface area contributed by atoms with Crippen molar-refractivity contribution in [1.29, 1.82) is 0 Å². The Bertz CT molecular complexity index is 495. The van der Waals surface area contributed by atoms with Gasteiger partial charge in [0, 0.05) is 17.1 Å². The van der Waals surface area contributed by atoms with Crippen LogP contribution in [0.3, 0.4) is 0 Å². The zero-order valence-electron chi connectivity index (χ0n) is 11.2. The van der Waals surface area contributed by atoms with Crippen LogP contribution in [0, 0.1) is 0 Å². The van der Waals surface area contributed by atoms with Gasteiger partial charge in [-0.1, -0.05) is 6.92 Å². The Labute approximate surface area is 118 Å². The maximum atomic E-state index is 11.8. The van der Waals surface area contributed by atoms with E-state index in [1.807, 2.05) is 6.20 Å². The molecule has 0 unspecified atom stereocenters. The first kappa shape index (κ1) is 14.9. The normalized spacial score (nSPS) is 15.8. The van der Waals surface area contributed by atoms with Gasteiger partial charge in [-0.05, 0) is 32.2 Å². The van der Waals surface area contributed by atoms with Crippen LogP contribution in [-0.4, -0.2) is 31.7 Å². The maximum Gasteiger partial charge on any atom is 0.212 e. The van der Waals surface area contributed by atoms with Crippen molar-refractivity contribution in [2.75, 3.05) is 12.3 Å². The number of hydrogen-bond donors (Lipinski definition) is 2. The fraction of sp³-hybridized carbons (Fsp3) is 0.750. The highest BCUT2D eigenvalue weighted by Gasteiger charge is 2.20. The number of hydrogen-bond acceptors (Lipinski definition) is 5. The zero-order valence-corrected chi connectivity index (χ0v) is 12.8. The van der Waals surface area contributed by atoms with Gasteiger partial charge in [-0.3, -0.25) is 0 Å². The summed E-state index contributed by atoms with van der Waals surface area (Å²) in [7, 11) is -3.18. The predicted octanol–water partition coefficient (Wildman–Crippen LogP) is 1.27. The van der Waals surface area contributed by atoms with Gasteiger partial charge in [0.1, 0.15) is 5.01 Å². The number of rotatable bonds is 9. The van der Waals surface area contributed by atoms with Crippen molar-refractivity contribution in [1.82, 2.24) is 15.0 Å². The molecule has 0 bridgehead atoms. The largest absolute Gasteiger partial charge is 0.314 e. The van der Waals surface area contributed by atoms with Crippen molar-refractivity contribution in [3.63, 3.8) is 0 Å². The van der Waals surface area contributed by atoms with Gasteiger partial charge < -0.3 is 5.32 Å².